The highest BCUT2D eigenvalue weighted by molar-refractivity contribution is 6.18. The summed E-state index contributed by atoms with van der Waals surface area (Å²) in [6, 6.07) is 72.8. The van der Waals surface area contributed by atoms with Gasteiger partial charge in [0.1, 0.15) is 0 Å². The molecule has 11 aromatic rings. The number of rotatable bonds is 6. The highest BCUT2D eigenvalue weighted by Crippen LogP contribution is 2.38. The minimum Gasteiger partial charge on any atom is -0.309 e. The van der Waals surface area contributed by atoms with E-state index in [2.05, 4.69) is 205 Å². The molecule has 266 valence electrons. The number of fused-ring (bicyclic) bond motifs is 6. The van der Waals surface area contributed by atoms with Gasteiger partial charge in [0, 0.05) is 38.5 Å². The Labute approximate surface area is 330 Å². The van der Waals surface area contributed by atoms with Crippen molar-refractivity contribution in [3.63, 3.8) is 0 Å². The predicted octanol–water partition coefficient (Wildman–Crippen LogP) is 13.6. The van der Waals surface area contributed by atoms with Gasteiger partial charge >= 0.3 is 0 Å². The lowest BCUT2D eigenvalue weighted by atomic mass is 9.98. The molecule has 0 bridgehead atoms. The average Bonchev–Trinajstić information content (AvgIpc) is 3.64. The lowest BCUT2D eigenvalue weighted by molar-refractivity contribution is 1.07. The van der Waals surface area contributed by atoms with Gasteiger partial charge in [-0.15, -0.1) is 0 Å². The van der Waals surface area contributed by atoms with Crippen LogP contribution in [0, 0.1) is 0 Å². The number of benzene rings is 9. The predicted molar refractivity (Wildman–Crippen MR) is 236 cm³/mol. The fourth-order valence-corrected chi connectivity index (χ4v) is 8.24. The lowest BCUT2D eigenvalue weighted by Gasteiger charge is -2.14. The summed E-state index contributed by atoms with van der Waals surface area (Å²) < 4.78 is 2.40. The molecule has 0 atom stereocenters. The molecule has 0 saturated carbocycles. The van der Waals surface area contributed by atoms with Crippen molar-refractivity contribution < 1.29 is 0 Å². The minimum absolute atomic E-state index is 0.629. The second-order valence-corrected chi connectivity index (χ2v) is 14.4. The van der Waals surface area contributed by atoms with E-state index in [4.69, 9.17) is 15.0 Å². The molecule has 4 heteroatoms. The monoisotopic (exact) mass is 726 g/mol. The van der Waals surface area contributed by atoms with Crippen LogP contribution in [-0.4, -0.2) is 19.5 Å². The normalized spacial score (nSPS) is 11.5. The first-order valence-corrected chi connectivity index (χ1v) is 19.3. The third-order valence-electron chi connectivity index (χ3n) is 11.1. The summed E-state index contributed by atoms with van der Waals surface area (Å²) in [4.78, 5) is 15.5. The summed E-state index contributed by atoms with van der Waals surface area (Å²) in [5, 5.41) is 7.28. The third-order valence-corrected chi connectivity index (χ3v) is 11.1. The fraction of sp³-hybridized carbons (Fsp3) is 0. The zero-order valence-corrected chi connectivity index (χ0v) is 30.9. The van der Waals surface area contributed by atoms with Crippen molar-refractivity contribution >= 4 is 43.4 Å². The zero-order valence-electron chi connectivity index (χ0n) is 30.9. The van der Waals surface area contributed by atoms with Gasteiger partial charge in [-0.2, -0.15) is 0 Å². The van der Waals surface area contributed by atoms with Gasteiger partial charge in [0.15, 0.2) is 17.5 Å². The largest absolute Gasteiger partial charge is 0.309 e. The first kappa shape index (κ1) is 32.7. The Morgan fingerprint density at radius 3 is 1.65 bits per heavy atom. The van der Waals surface area contributed by atoms with Crippen LogP contribution in [0.1, 0.15) is 0 Å². The Hall–Kier alpha value is -7.69. The molecule has 0 saturated heterocycles. The molecule has 9 aromatic carbocycles. The molecule has 2 aromatic heterocycles. The molecular weight excluding hydrogens is 693 g/mol. The quantitative estimate of drug-likeness (QED) is 0.171. The molecule has 0 spiro atoms. The maximum Gasteiger partial charge on any atom is 0.164 e. The van der Waals surface area contributed by atoms with Crippen LogP contribution in [0.2, 0.25) is 0 Å². The molecule has 0 unspecified atom stereocenters. The molecule has 11 rings (SSSR count). The summed E-state index contributed by atoms with van der Waals surface area (Å²) >= 11 is 0. The molecule has 0 aliphatic heterocycles. The topological polar surface area (TPSA) is 43.6 Å². The van der Waals surface area contributed by atoms with E-state index in [0.29, 0.717) is 17.5 Å². The van der Waals surface area contributed by atoms with Gasteiger partial charge in [-0.25, -0.2) is 15.0 Å². The highest BCUT2D eigenvalue weighted by atomic mass is 15.0. The Kier molecular flexibility index (Phi) is 7.78. The van der Waals surface area contributed by atoms with E-state index in [-0.39, 0.29) is 0 Å². The van der Waals surface area contributed by atoms with Crippen LogP contribution in [0.25, 0.3) is 105 Å². The van der Waals surface area contributed by atoms with Crippen LogP contribution in [0.3, 0.4) is 0 Å². The minimum atomic E-state index is 0.629. The molecule has 57 heavy (non-hydrogen) atoms. The summed E-state index contributed by atoms with van der Waals surface area (Å²) in [7, 11) is 0. The van der Waals surface area contributed by atoms with Crippen molar-refractivity contribution in [1.29, 1.82) is 0 Å². The van der Waals surface area contributed by atoms with E-state index in [1.165, 1.54) is 43.5 Å². The maximum atomic E-state index is 5.19. The van der Waals surface area contributed by atoms with Crippen molar-refractivity contribution in [2.24, 2.45) is 0 Å². The second-order valence-electron chi connectivity index (χ2n) is 14.4. The van der Waals surface area contributed by atoms with Crippen molar-refractivity contribution in [3.05, 3.63) is 206 Å². The average molecular weight is 727 g/mol. The maximum absolute atomic E-state index is 5.19. The zero-order chi connectivity index (χ0) is 37.7. The summed E-state index contributed by atoms with van der Waals surface area (Å²) in [6.45, 7) is 0. The van der Waals surface area contributed by atoms with Gasteiger partial charge in [0.25, 0.3) is 0 Å². The molecule has 0 aliphatic rings. The first-order chi connectivity index (χ1) is 28.2. The smallest absolute Gasteiger partial charge is 0.164 e. The summed E-state index contributed by atoms with van der Waals surface area (Å²) in [5.74, 6) is 1.90. The second kappa shape index (κ2) is 13.6. The van der Waals surface area contributed by atoms with E-state index in [9.17, 15) is 0 Å². The number of aromatic nitrogens is 4. The number of hydrogen-bond donors (Lipinski definition) is 0. The van der Waals surface area contributed by atoms with Crippen LogP contribution >= 0.6 is 0 Å². The fourth-order valence-electron chi connectivity index (χ4n) is 8.24. The van der Waals surface area contributed by atoms with Crippen molar-refractivity contribution in [2.45, 2.75) is 0 Å². The Morgan fingerprint density at radius 2 is 0.842 bits per heavy atom. The van der Waals surface area contributed by atoms with Crippen molar-refractivity contribution in [3.8, 4) is 62.1 Å². The van der Waals surface area contributed by atoms with Gasteiger partial charge in [0.2, 0.25) is 0 Å². The van der Waals surface area contributed by atoms with Crippen LogP contribution in [0.5, 0.6) is 0 Å². The van der Waals surface area contributed by atoms with Crippen LogP contribution in [-0.2, 0) is 0 Å². The van der Waals surface area contributed by atoms with Crippen LogP contribution in [0.15, 0.2) is 206 Å². The van der Waals surface area contributed by atoms with E-state index in [1.54, 1.807) is 0 Å². The van der Waals surface area contributed by atoms with Crippen LogP contribution in [0.4, 0.5) is 0 Å². The number of hydrogen-bond acceptors (Lipinski definition) is 3. The van der Waals surface area contributed by atoms with E-state index in [0.717, 1.165) is 44.5 Å². The molecule has 2 heterocycles. The van der Waals surface area contributed by atoms with Crippen molar-refractivity contribution in [2.75, 3.05) is 0 Å². The standard InChI is InChI=1S/C53H34N4/c1-2-12-35(13-3-1)37-22-25-40(26-23-37)51-54-52(42-27-24-36-14-4-5-16-41(36)34-42)56-53(55-51)48-20-9-8-17-44(48)39-28-31-43(32-29-39)57-49-21-11-10-19-46(49)47-33-30-38-15-6-7-18-45(38)50(47)57/h1-34H. The highest BCUT2D eigenvalue weighted by Gasteiger charge is 2.18. The lowest BCUT2D eigenvalue weighted by Crippen LogP contribution is -2.01. The van der Waals surface area contributed by atoms with E-state index >= 15 is 0 Å². The molecule has 0 radical (unpaired) electrons. The summed E-state index contributed by atoms with van der Waals surface area (Å²) in [5.41, 5.74) is 10.8. The number of para-hydroxylation sites is 1. The van der Waals surface area contributed by atoms with Gasteiger partial charge in [-0.1, -0.05) is 182 Å². The van der Waals surface area contributed by atoms with Gasteiger partial charge in [-0.3, -0.25) is 0 Å². The van der Waals surface area contributed by atoms with Gasteiger partial charge in [-0.05, 0) is 62.7 Å². The summed E-state index contributed by atoms with van der Waals surface area (Å²) in [6.07, 6.45) is 0. The van der Waals surface area contributed by atoms with E-state index in [1.807, 2.05) is 6.07 Å². The Bertz CT molecular complexity index is 3270. The van der Waals surface area contributed by atoms with Crippen LogP contribution < -0.4 is 0 Å². The van der Waals surface area contributed by atoms with Gasteiger partial charge in [0.05, 0.1) is 11.0 Å². The molecule has 4 nitrogen and oxygen atoms in total. The third kappa shape index (κ3) is 5.74. The first-order valence-electron chi connectivity index (χ1n) is 19.3. The van der Waals surface area contributed by atoms with Crippen molar-refractivity contribution in [1.82, 2.24) is 19.5 Å². The molecule has 0 N–H and O–H groups in total. The molecule has 0 amide bonds. The molecule has 0 fully saturated rings. The molecule has 0 aliphatic carbocycles. The SMILES string of the molecule is c1ccc(-c2ccc(-c3nc(-c4ccc5ccccc5c4)nc(-c4ccccc4-c4ccc(-n5c6ccccc6c6ccc7ccccc7c65)cc4)n3)cc2)cc1. The van der Waals surface area contributed by atoms with Gasteiger partial charge < -0.3 is 4.57 Å². The Balaban J connectivity index is 1.04. The molecular formula is C53H34N4. The van der Waals surface area contributed by atoms with E-state index < -0.39 is 0 Å². The Morgan fingerprint density at radius 1 is 0.298 bits per heavy atom. The number of nitrogens with zero attached hydrogens (tertiary/aromatic N) is 4.